The zero-order chi connectivity index (χ0) is 31.9. The Bertz CT molecular complexity index is 1510. The molecule has 1 amide bonds. The van der Waals surface area contributed by atoms with Crippen molar-refractivity contribution >= 4 is 17.8 Å². The number of nitrogens with zero attached hydrogens (tertiary/aromatic N) is 1. The number of methoxy groups -OCH3 is 1. The van der Waals surface area contributed by atoms with Crippen LogP contribution in [0.4, 0.5) is 0 Å². The molecule has 1 aromatic heterocycles. The summed E-state index contributed by atoms with van der Waals surface area (Å²) in [6.07, 6.45) is 1.88. The molecule has 11 heteroatoms. The van der Waals surface area contributed by atoms with Crippen molar-refractivity contribution in [3.8, 4) is 23.0 Å². The number of ether oxygens (including phenoxy) is 6. The third-order valence-corrected chi connectivity index (χ3v) is 7.87. The molecule has 0 unspecified atom stereocenters. The van der Waals surface area contributed by atoms with Gasteiger partial charge in [-0.1, -0.05) is 50.2 Å². The van der Waals surface area contributed by atoms with Crippen LogP contribution in [0.25, 0.3) is 0 Å². The van der Waals surface area contributed by atoms with Gasteiger partial charge in [0, 0.05) is 18.2 Å². The standard InChI is InChI=1S/C34H38N2O9/c1-20(2)14-24-21(3)45-34(39)26(18-42-33(38)25(24)15-22-8-6-5-7-9-22)36-32(37)30-31(28(40-4)12-13-35-30)41-17-23-10-11-27-29(16-23)44-19-43-27/h5-13,16,20-21,24-26H,14-15,17-19H2,1-4H3,(H,36,37)/t21-,24-,25+,26-/m0/s1. The number of fused-ring (bicyclic) bond motifs is 1. The Morgan fingerprint density at radius 3 is 2.53 bits per heavy atom. The van der Waals surface area contributed by atoms with Crippen molar-refractivity contribution in [1.29, 1.82) is 0 Å². The van der Waals surface area contributed by atoms with Crippen LogP contribution >= 0.6 is 0 Å². The summed E-state index contributed by atoms with van der Waals surface area (Å²) in [7, 11) is 1.44. The fourth-order valence-corrected chi connectivity index (χ4v) is 5.60. The van der Waals surface area contributed by atoms with Crippen molar-refractivity contribution in [2.45, 2.75) is 52.4 Å². The van der Waals surface area contributed by atoms with E-state index < -0.39 is 42.5 Å². The first-order valence-corrected chi connectivity index (χ1v) is 15.0. The number of pyridine rings is 1. The first-order valence-electron chi connectivity index (χ1n) is 15.0. The second-order valence-electron chi connectivity index (χ2n) is 11.6. The zero-order valence-electron chi connectivity index (χ0n) is 25.8. The second kappa shape index (κ2) is 14.3. The predicted octanol–water partition coefficient (Wildman–Crippen LogP) is 4.51. The zero-order valence-corrected chi connectivity index (χ0v) is 25.8. The molecule has 0 aliphatic carbocycles. The van der Waals surface area contributed by atoms with E-state index in [1.807, 2.05) is 36.4 Å². The van der Waals surface area contributed by atoms with E-state index in [4.69, 9.17) is 28.4 Å². The quantitative estimate of drug-likeness (QED) is 0.324. The lowest BCUT2D eigenvalue weighted by molar-refractivity contribution is -0.154. The Morgan fingerprint density at radius 1 is 1.00 bits per heavy atom. The molecule has 1 fully saturated rings. The molecule has 1 saturated heterocycles. The number of carbonyl (C=O) groups is 3. The Balaban J connectivity index is 1.34. The van der Waals surface area contributed by atoms with Gasteiger partial charge in [0.2, 0.25) is 6.79 Å². The molecule has 0 saturated carbocycles. The molecule has 5 rings (SSSR count). The van der Waals surface area contributed by atoms with Gasteiger partial charge >= 0.3 is 11.9 Å². The smallest absolute Gasteiger partial charge is 0.332 e. The summed E-state index contributed by atoms with van der Waals surface area (Å²) in [6, 6.07) is 15.3. The lowest BCUT2D eigenvalue weighted by atomic mass is 9.78. The van der Waals surface area contributed by atoms with Crippen molar-refractivity contribution < 1.29 is 42.8 Å². The average molecular weight is 619 g/mol. The van der Waals surface area contributed by atoms with Gasteiger partial charge in [0.15, 0.2) is 34.7 Å². The van der Waals surface area contributed by atoms with Gasteiger partial charge in [-0.2, -0.15) is 0 Å². The summed E-state index contributed by atoms with van der Waals surface area (Å²) < 4.78 is 33.8. The molecule has 238 valence electrons. The molecule has 0 radical (unpaired) electrons. The Hall–Kier alpha value is -4.80. The summed E-state index contributed by atoms with van der Waals surface area (Å²) in [4.78, 5) is 44.7. The molecule has 2 aliphatic rings. The molecule has 2 aliphatic heterocycles. The third kappa shape index (κ3) is 7.65. The van der Waals surface area contributed by atoms with E-state index in [0.717, 1.165) is 11.1 Å². The number of cyclic esters (lactones) is 2. The maximum Gasteiger partial charge on any atom is 0.332 e. The molecule has 0 spiro atoms. The van der Waals surface area contributed by atoms with Gasteiger partial charge in [-0.05, 0) is 48.9 Å². The van der Waals surface area contributed by atoms with E-state index in [1.165, 1.54) is 13.3 Å². The maximum atomic E-state index is 13.6. The van der Waals surface area contributed by atoms with Crippen LogP contribution in [-0.2, 0) is 32.1 Å². The molecule has 4 atom stereocenters. The first-order chi connectivity index (χ1) is 21.7. The van der Waals surface area contributed by atoms with Gasteiger partial charge in [-0.25, -0.2) is 9.78 Å². The average Bonchev–Trinajstić information content (AvgIpc) is 3.52. The summed E-state index contributed by atoms with van der Waals surface area (Å²) in [5, 5.41) is 2.64. The largest absolute Gasteiger partial charge is 0.493 e. The number of hydrogen-bond donors (Lipinski definition) is 1. The van der Waals surface area contributed by atoms with Crippen LogP contribution in [0.1, 0.15) is 48.8 Å². The number of aromatic nitrogens is 1. The van der Waals surface area contributed by atoms with Crippen LogP contribution in [0.15, 0.2) is 60.8 Å². The Morgan fingerprint density at radius 2 is 1.78 bits per heavy atom. The van der Waals surface area contributed by atoms with Gasteiger partial charge < -0.3 is 33.7 Å². The number of hydrogen-bond acceptors (Lipinski definition) is 10. The van der Waals surface area contributed by atoms with Gasteiger partial charge in [-0.3, -0.25) is 9.59 Å². The van der Waals surface area contributed by atoms with Crippen LogP contribution in [-0.4, -0.2) is 55.5 Å². The monoisotopic (exact) mass is 618 g/mol. The van der Waals surface area contributed by atoms with E-state index in [2.05, 4.69) is 24.1 Å². The summed E-state index contributed by atoms with van der Waals surface area (Å²) in [5.74, 6) is -0.869. The number of esters is 2. The minimum absolute atomic E-state index is 0.0691. The van der Waals surface area contributed by atoms with Crippen molar-refractivity contribution in [3.05, 3.63) is 77.6 Å². The van der Waals surface area contributed by atoms with Gasteiger partial charge in [0.1, 0.15) is 19.3 Å². The molecular weight excluding hydrogens is 580 g/mol. The van der Waals surface area contributed by atoms with Crippen molar-refractivity contribution in [3.63, 3.8) is 0 Å². The van der Waals surface area contributed by atoms with Crippen molar-refractivity contribution in [2.75, 3.05) is 20.5 Å². The van der Waals surface area contributed by atoms with Crippen LogP contribution < -0.4 is 24.3 Å². The van der Waals surface area contributed by atoms with E-state index >= 15 is 0 Å². The number of rotatable bonds is 10. The lowest BCUT2D eigenvalue weighted by Crippen LogP contribution is -2.46. The van der Waals surface area contributed by atoms with Crippen molar-refractivity contribution in [2.24, 2.45) is 17.8 Å². The Labute approximate surface area is 262 Å². The second-order valence-corrected chi connectivity index (χ2v) is 11.6. The van der Waals surface area contributed by atoms with Gasteiger partial charge in [0.25, 0.3) is 5.91 Å². The molecule has 0 bridgehead atoms. The number of carbonyl (C=O) groups excluding carboxylic acids is 3. The maximum absolute atomic E-state index is 13.6. The highest BCUT2D eigenvalue weighted by atomic mass is 16.7. The number of amides is 1. The van der Waals surface area contributed by atoms with Crippen LogP contribution in [0, 0.1) is 17.8 Å². The van der Waals surface area contributed by atoms with Crippen LogP contribution in [0.5, 0.6) is 23.0 Å². The minimum atomic E-state index is -1.27. The van der Waals surface area contributed by atoms with E-state index in [0.29, 0.717) is 24.3 Å². The highest BCUT2D eigenvalue weighted by Crippen LogP contribution is 2.35. The highest BCUT2D eigenvalue weighted by Gasteiger charge is 2.40. The van der Waals surface area contributed by atoms with E-state index in [1.54, 1.807) is 25.1 Å². The molecule has 45 heavy (non-hydrogen) atoms. The van der Waals surface area contributed by atoms with E-state index in [9.17, 15) is 14.4 Å². The van der Waals surface area contributed by atoms with Gasteiger partial charge in [-0.15, -0.1) is 0 Å². The normalized spacial score (nSPS) is 21.2. The number of nitrogens with one attached hydrogen (secondary N) is 1. The third-order valence-electron chi connectivity index (χ3n) is 7.87. The van der Waals surface area contributed by atoms with Crippen LogP contribution in [0.2, 0.25) is 0 Å². The fourth-order valence-electron chi connectivity index (χ4n) is 5.60. The predicted molar refractivity (Wildman–Crippen MR) is 162 cm³/mol. The molecule has 3 heterocycles. The minimum Gasteiger partial charge on any atom is -0.493 e. The van der Waals surface area contributed by atoms with Crippen LogP contribution in [0.3, 0.4) is 0 Å². The highest BCUT2D eigenvalue weighted by molar-refractivity contribution is 5.98. The van der Waals surface area contributed by atoms with Crippen molar-refractivity contribution in [1.82, 2.24) is 10.3 Å². The molecular formula is C34H38N2O9. The molecule has 3 aromatic rings. The SMILES string of the molecule is COc1ccnc(C(=O)N[C@H]2COC(=O)[C@H](Cc3ccccc3)[C@@H](CC(C)C)[C@H](C)OC2=O)c1OCc1ccc2c(c1)OCO2. The summed E-state index contributed by atoms with van der Waals surface area (Å²) >= 11 is 0. The summed E-state index contributed by atoms with van der Waals surface area (Å²) in [5.41, 5.74) is 1.63. The first kappa shape index (κ1) is 31.6. The van der Waals surface area contributed by atoms with E-state index in [-0.39, 0.29) is 42.4 Å². The molecule has 11 nitrogen and oxygen atoms in total. The topological polar surface area (TPSA) is 132 Å². The Kier molecular flexibility index (Phi) is 10.1. The van der Waals surface area contributed by atoms with Gasteiger partial charge in [0.05, 0.1) is 13.0 Å². The number of benzene rings is 2. The lowest BCUT2D eigenvalue weighted by Gasteiger charge is -2.30. The molecule has 2 aromatic carbocycles. The summed E-state index contributed by atoms with van der Waals surface area (Å²) in [6.45, 7) is 5.72. The molecule has 1 N–H and O–H groups in total. The fraction of sp³-hybridized carbons (Fsp3) is 0.412.